The van der Waals surface area contributed by atoms with Crippen molar-refractivity contribution < 1.29 is 18.7 Å². The number of halogens is 1. The summed E-state index contributed by atoms with van der Waals surface area (Å²) in [4.78, 5) is 23.2. The maximum Gasteiger partial charge on any atom is 0.339 e. The minimum Gasteiger partial charge on any atom is -0.550 e. The average molecular weight is 396 g/mol. The third kappa shape index (κ3) is 2.98. The van der Waals surface area contributed by atoms with Gasteiger partial charge in [0.15, 0.2) is 0 Å². The molecule has 0 atom stereocenters. The van der Waals surface area contributed by atoms with Gasteiger partial charge < -0.3 is 18.7 Å². The number of aryl methyl sites for hydroxylation is 2. The zero-order valence-electron chi connectivity index (χ0n) is 15.3. The molecule has 4 rings (SSSR count). The van der Waals surface area contributed by atoms with Crippen LogP contribution in [-0.2, 0) is 11.2 Å². The summed E-state index contributed by atoms with van der Waals surface area (Å²) < 4.78 is 11.3. The largest absolute Gasteiger partial charge is 0.550 e. The van der Waals surface area contributed by atoms with Gasteiger partial charge in [-0.15, -0.1) is 0 Å². The second kappa shape index (κ2) is 6.84. The lowest BCUT2D eigenvalue weighted by Gasteiger charge is -2.10. The minimum atomic E-state index is -1.20. The molecule has 0 unspecified atom stereocenters. The highest BCUT2D eigenvalue weighted by atomic mass is 35.5. The first kappa shape index (κ1) is 18.3. The van der Waals surface area contributed by atoms with E-state index in [0.717, 1.165) is 27.5 Å². The Morgan fingerprint density at radius 2 is 1.79 bits per heavy atom. The second-order valence-electron chi connectivity index (χ2n) is 6.78. The molecule has 0 N–H and O–H groups in total. The van der Waals surface area contributed by atoms with Gasteiger partial charge in [-0.05, 0) is 56.0 Å². The molecule has 0 radical (unpaired) electrons. The Kier molecular flexibility index (Phi) is 4.47. The standard InChI is InChI=1S/C22H17ClO5/c1-11-15(7-8-19(24)25)22(26)28-21-12(2)20-17(9-16(11)21)18(10-27-20)13-3-5-14(23)6-4-13/h3-6,9-10H,7-8H2,1-2H3,(H,24,25)/p-1. The van der Waals surface area contributed by atoms with E-state index >= 15 is 0 Å². The average Bonchev–Trinajstić information content (AvgIpc) is 3.07. The summed E-state index contributed by atoms with van der Waals surface area (Å²) in [6, 6.07) is 9.37. The van der Waals surface area contributed by atoms with Crippen LogP contribution in [0.25, 0.3) is 33.1 Å². The molecule has 2 heterocycles. The zero-order chi connectivity index (χ0) is 20.0. The first-order chi connectivity index (χ1) is 13.4. The van der Waals surface area contributed by atoms with Crippen molar-refractivity contribution in [2.45, 2.75) is 26.7 Å². The Morgan fingerprint density at radius 3 is 2.46 bits per heavy atom. The topological polar surface area (TPSA) is 83.5 Å². The van der Waals surface area contributed by atoms with Crippen molar-refractivity contribution in [2.24, 2.45) is 0 Å². The number of hydrogen-bond acceptors (Lipinski definition) is 5. The molecule has 2 aromatic carbocycles. The van der Waals surface area contributed by atoms with Crippen molar-refractivity contribution in [3.05, 3.63) is 68.7 Å². The molecule has 0 saturated carbocycles. The van der Waals surface area contributed by atoms with E-state index in [2.05, 4.69) is 0 Å². The smallest absolute Gasteiger partial charge is 0.339 e. The Morgan fingerprint density at radius 1 is 1.07 bits per heavy atom. The molecule has 0 amide bonds. The first-order valence-electron chi connectivity index (χ1n) is 8.79. The highest BCUT2D eigenvalue weighted by Gasteiger charge is 2.18. The van der Waals surface area contributed by atoms with E-state index in [1.54, 1.807) is 13.2 Å². The van der Waals surface area contributed by atoms with E-state index in [1.807, 2.05) is 37.3 Å². The number of carboxylic acid groups (broad SMARTS) is 1. The Bertz CT molecular complexity index is 1280. The SMILES string of the molecule is Cc1c(CCC(=O)[O-])c(=O)oc2c(C)c3occ(-c4ccc(Cl)cc4)c3cc12. The fraction of sp³-hybridized carbons (Fsp3) is 0.182. The number of rotatable bonds is 4. The van der Waals surface area contributed by atoms with E-state index in [9.17, 15) is 14.7 Å². The summed E-state index contributed by atoms with van der Waals surface area (Å²) in [5, 5.41) is 13.1. The summed E-state index contributed by atoms with van der Waals surface area (Å²) in [5.74, 6) is -1.20. The van der Waals surface area contributed by atoms with E-state index in [-0.39, 0.29) is 12.8 Å². The van der Waals surface area contributed by atoms with Crippen LogP contribution in [0.2, 0.25) is 5.02 Å². The van der Waals surface area contributed by atoms with Gasteiger partial charge in [-0.2, -0.15) is 0 Å². The van der Waals surface area contributed by atoms with Crippen molar-refractivity contribution in [3.63, 3.8) is 0 Å². The molecule has 0 saturated heterocycles. The summed E-state index contributed by atoms with van der Waals surface area (Å²) in [6.07, 6.45) is 1.50. The summed E-state index contributed by atoms with van der Waals surface area (Å²) in [5.41, 5.74) is 4.20. The molecule has 142 valence electrons. The van der Waals surface area contributed by atoms with Gasteiger partial charge in [0.05, 0.1) is 6.26 Å². The quantitative estimate of drug-likeness (QED) is 0.484. The maximum absolute atomic E-state index is 12.4. The van der Waals surface area contributed by atoms with E-state index in [4.69, 9.17) is 20.4 Å². The van der Waals surface area contributed by atoms with Crippen molar-refractivity contribution in [3.8, 4) is 11.1 Å². The van der Waals surface area contributed by atoms with Crippen LogP contribution < -0.4 is 10.7 Å². The normalized spacial score (nSPS) is 11.4. The van der Waals surface area contributed by atoms with Gasteiger partial charge in [0.2, 0.25) is 0 Å². The molecule has 0 bridgehead atoms. The lowest BCUT2D eigenvalue weighted by atomic mass is 9.97. The third-order valence-corrected chi connectivity index (χ3v) is 5.33. The molecule has 2 aromatic heterocycles. The van der Waals surface area contributed by atoms with Crippen molar-refractivity contribution in [2.75, 3.05) is 0 Å². The van der Waals surface area contributed by atoms with Crippen molar-refractivity contribution >= 4 is 39.5 Å². The molecule has 0 aliphatic heterocycles. The van der Waals surface area contributed by atoms with Crippen LogP contribution >= 0.6 is 11.6 Å². The number of hydrogen-bond donors (Lipinski definition) is 0. The van der Waals surface area contributed by atoms with Gasteiger partial charge in [0, 0.05) is 38.5 Å². The van der Waals surface area contributed by atoms with Crippen LogP contribution in [0.4, 0.5) is 0 Å². The highest BCUT2D eigenvalue weighted by Crippen LogP contribution is 2.37. The lowest BCUT2D eigenvalue weighted by molar-refractivity contribution is -0.305. The predicted octanol–water partition coefficient (Wildman–Crippen LogP) is 4.16. The van der Waals surface area contributed by atoms with Crippen LogP contribution in [0.5, 0.6) is 0 Å². The number of carbonyl (C=O) groups excluding carboxylic acids is 1. The van der Waals surface area contributed by atoms with E-state index < -0.39 is 11.6 Å². The molecule has 0 aliphatic carbocycles. The number of furan rings is 1. The Labute approximate surface area is 165 Å². The predicted molar refractivity (Wildman–Crippen MR) is 106 cm³/mol. The molecule has 6 heteroatoms. The van der Waals surface area contributed by atoms with Crippen LogP contribution in [0.15, 0.2) is 50.2 Å². The van der Waals surface area contributed by atoms with Gasteiger partial charge in [-0.1, -0.05) is 23.7 Å². The summed E-state index contributed by atoms with van der Waals surface area (Å²) in [7, 11) is 0. The molecule has 0 fully saturated rings. The fourth-order valence-electron chi connectivity index (χ4n) is 3.57. The lowest BCUT2D eigenvalue weighted by Crippen LogP contribution is -2.24. The zero-order valence-corrected chi connectivity index (χ0v) is 16.1. The second-order valence-corrected chi connectivity index (χ2v) is 7.21. The minimum absolute atomic E-state index is 0.0684. The number of carbonyl (C=O) groups is 1. The van der Waals surface area contributed by atoms with Crippen LogP contribution in [-0.4, -0.2) is 5.97 Å². The molecule has 0 aliphatic rings. The number of benzene rings is 2. The summed E-state index contributed by atoms with van der Waals surface area (Å²) >= 11 is 5.99. The third-order valence-electron chi connectivity index (χ3n) is 5.08. The molecule has 4 aromatic rings. The molecular weight excluding hydrogens is 380 g/mol. The maximum atomic E-state index is 12.4. The Balaban J connectivity index is 1.98. The first-order valence-corrected chi connectivity index (χ1v) is 9.17. The van der Waals surface area contributed by atoms with Gasteiger partial charge in [-0.25, -0.2) is 4.79 Å². The van der Waals surface area contributed by atoms with E-state index in [0.29, 0.717) is 27.3 Å². The molecule has 28 heavy (non-hydrogen) atoms. The Hall–Kier alpha value is -3.05. The van der Waals surface area contributed by atoms with Gasteiger partial charge >= 0.3 is 5.63 Å². The van der Waals surface area contributed by atoms with Crippen LogP contribution in [0.3, 0.4) is 0 Å². The van der Waals surface area contributed by atoms with Gasteiger partial charge in [0.25, 0.3) is 0 Å². The van der Waals surface area contributed by atoms with Crippen LogP contribution in [0.1, 0.15) is 23.1 Å². The number of carboxylic acids is 1. The van der Waals surface area contributed by atoms with Gasteiger partial charge in [0.1, 0.15) is 11.2 Å². The number of fused-ring (bicyclic) bond motifs is 2. The van der Waals surface area contributed by atoms with Crippen LogP contribution in [0, 0.1) is 13.8 Å². The molecular formula is C22H16ClO5-. The van der Waals surface area contributed by atoms with Crippen molar-refractivity contribution in [1.82, 2.24) is 0 Å². The monoisotopic (exact) mass is 395 g/mol. The van der Waals surface area contributed by atoms with Crippen molar-refractivity contribution in [1.29, 1.82) is 0 Å². The molecule has 0 spiro atoms. The van der Waals surface area contributed by atoms with Gasteiger partial charge in [-0.3, -0.25) is 0 Å². The fourth-order valence-corrected chi connectivity index (χ4v) is 3.69. The van der Waals surface area contributed by atoms with E-state index in [1.165, 1.54) is 0 Å². The molecule has 5 nitrogen and oxygen atoms in total. The number of aliphatic carboxylic acids is 1. The highest BCUT2D eigenvalue weighted by molar-refractivity contribution is 6.30. The summed E-state index contributed by atoms with van der Waals surface area (Å²) in [6.45, 7) is 3.64.